The number of amides is 2. The van der Waals surface area contributed by atoms with Crippen LogP contribution in [0, 0.1) is 5.41 Å². The molecule has 0 radical (unpaired) electrons. The molecule has 106 valence electrons. The highest BCUT2D eigenvalue weighted by molar-refractivity contribution is 6.04. The summed E-state index contributed by atoms with van der Waals surface area (Å²) in [4.78, 5) is 30.0. The molecule has 1 spiro atoms. The van der Waals surface area contributed by atoms with E-state index in [0.717, 1.165) is 42.7 Å². The Balaban J connectivity index is 1.68. The van der Waals surface area contributed by atoms with Crippen LogP contribution in [-0.4, -0.2) is 16.9 Å². The van der Waals surface area contributed by atoms with Gasteiger partial charge in [-0.15, -0.1) is 0 Å². The van der Waals surface area contributed by atoms with Gasteiger partial charge in [0.2, 0.25) is 0 Å². The van der Waals surface area contributed by atoms with Crippen molar-refractivity contribution in [2.24, 2.45) is 5.41 Å². The van der Waals surface area contributed by atoms with Crippen molar-refractivity contribution in [1.29, 1.82) is 0 Å². The van der Waals surface area contributed by atoms with Gasteiger partial charge in [0.1, 0.15) is 6.61 Å². The third-order valence-corrected chi connectivity index (χ3v) is 4.37. The summed E-state index contributed by atoms with van der Waals surface area (Å²) in [6.07, 6.45) is 5.19. The van der Waals surface area contributed by atoms with Crippen LogP contribution < -0.4 is 0 Å². The third kappa shape index (κ3) is 2.36. The lowest BCUT2D eigenvalue weighted by Gasteiger charge is -2.30. The number of hydrogen-bond donors (Lipinski definition) is 0. The number of hydroxylamine groups is 2. The number of carbonyl (C=O) groups excluding carboxylic acids is 2. The smallest absolute Gasteiger partial charge is 0.260 e. The Bertz CT molecular complexity index is 506. The van der Waals surface area contributed by atoms with E-state index in [0.29, 0.717) is 6.42 Å². The zero-order chi connectivity index (χ0) is 14.0. The molecule has 1 saturated heterocycles. The second kappa shape index (κ2) is 5.37. The molecule has 20 heavy (non-hydrogen) atoms. The van der Waals surface area contributed by atoms with Crippen LogP contribution in [0.2, 0.25) is 0 Å². The Morgan fingerprint density at radius 3 is 2.45 bits per heavy atom. The molecule has 1 saturated carbocycles. The largest absolute Gasteiger partial charge is 0.272 e. The average molecular weight is 273 g/mol. The summed E-state index contributed by atoms with van der Waals surface area (Å²) in [7, 11) is 0. The van der Waals surface area contributed by atoms with Gasteiger partial charge in [0, 0.05) is 6.42 Å². The minimum absolute atomic E-state index is 0.127. The monoisotopic (exact) mass is 273 g/mol. The number of benzene rings is 1. The van der Waals surface area contributed by atoms with E-state index >= 15 is 0 Å². The van der Waals surface area contributed by atoms with Gasteiger partial charge in [-0.05, 0) is 18.4 Å². The van der Waals surface area contributed by atoms with Gasteiger partial charge in [-0.2, -0.15) is 5.06 Å². The molecule has 1 aliphatic heterocycles. The zero-order valence-corrected chi connectivity index (χ0v) is 11.5. The molecule has 0 aromatic heterocycles. The first-order valence-corrected chi connectivity index (χ1v) is 7.26. The first-order chi connectivity index (χ1) is 9.71. The molecule has 0 atom stereocenters. The highest BCUT2D eigenvalue weighted by Crippen LogP contribution is 2.45. The summed E-state index contributed by atoms with van der Waals surface area (Å²) < 4.78 is 0. The van der Waals surface area contributed by atoms with Crippen LogP contribution in [0.15, 0.2) is 30.3 Å². The van der Waals surface area contributed by atoms with Gasteiger partial charge < -0.3 is 0 Å². The van der Waals surface area contributed by atoms with Crippen LogP contribution in [0.5, 0.6) is 0 Å². The summed E-state index contributed by atoms with van der Waals surface area (Å²) in [6, 6.07) is 9.58. The number of carbonyl (C=O) groups is 2. The highest BCUT2D eigenvalue weighted by Gasteiger charge is 2.52. The van der Waals surface area contributed by atoms with E-state index in [1.807, 2.05) is 30.3 Å². The maximum atomic E-state index is 12.5. The van der Waals surface area contributed by atoms with Crippen LogP contribution in [0.4, 0.5) is 0 Å². The molecule has 1 heterocycles. The van der Waals surface area contributed by atoms with Crippen LogP contribution in [0.25, 0.3) is 0 Å². The summed E-state index contributed by atoms with van der Waals surface area (Å²) in [5.41, 5.74) is 0.490. The second-order valence-electron chi connectivity index (χ2n) is 5.77. The molecule has 1 aliphatic carbocycles. The minimum Gasteiger partial charge on any atom is -0.272 e. The summed E-state index contributed by atoms with van der Waals surface area (Å²) >= 11 is 0. The van der Waals surface area contributed by atoms with Crippen LogP contribution >= 0.6 is 0 Å². The van der Waals surface area contributed by atoms with Crippen molar-refractivity contribution in [3.8, 4) is 0 Å². The Labute approximate surface area is 118 Å². The fraction of sp³-hybridized carbons (Fsp3) is 0.500. The maximum absolute atomic E-state index is 12.5. The Morgan fingerprint density at radius 2 is 1.75 bits per heavy atom. The van der Waals surface area contributed by atoms with Gasteiger partial charge in [-0.3, -0.25) is 14.4 Å². The van der Waals surface area contributed by atoms with E-state index < -0.39 is 5.41 Å². The third-order valence-electron chi connectivity index (χ3n) is 4.37. The van der Waals surface area contributed by atoms with Crippen molar-refractivity contribution in [1.82, 2.24) is 5.06 Å². The van der Waals surface area contributed by atoms with Gasteiger partial charge in [-0.1, -0.05) is 49.6 Å². The molecule has 0 bridgehead atoms. The summed E-state index contributed by atoms with van der Waals surface area (Å²) in [5, 5.41) is 1.01. The van der Waals surface area contributed by atoms with Crippen molar-refractivity contribution in [3.05, 3.63) is 35.9 Å². The lowest BCUT2D eigenvalue weighted by Crippen LogP contribution is -2.36. The molecule has 0 unspecified atom stereocenters. The predicted octanol–water partition coefficient (Wildman–Crippen LogP) is 2.83. The minimum atomic E-state index is -0.466. The van der Waals surface area contributed by atoms with Gasteiger partial charge in [-0.25, -0.2) is 0 Å². The fourth-order valence-corrected chi connectivity index (χ4v) is 3.23. The van der Waals surface area contributed by atoms with Crippen LogP contribution in [0.3, 0.4) is 0 Å². The average Bonchev–Trinajstić information content (AvgIpc) is 2.70. The van der Waals surface area contributed by atoms with E-state index in [1.54, 1.807) is 0 Å². The molecule has 1 aromatic rings. The molecule has 3 rings (SSSR count). The number of imide groups is 1. The van der Waals surface area contributed by atoms with Crippen LogP contribution in [-0.2, 0) is 21.0 Å². The summed E-state index contributed by atoms with van der Waals surface area (Å²) in [5.74, 6) is -0.314. The highest BCUT2D eigenvalue weighted by atomic mass is 16.7. The molecule has 4 heteroatoms. The Hall–Kier alpha value is -1.68. The Morgan fingerprint density at radius 1 is 1.05 bits per heavy atom. The zero-order valence-electron chi connectivity index (χ0n) is 11.5. The van der Waals surface area contributed by atoms with Gasteiger partial charge in [0.25, 0.3) is 11.8 Å². The molecule has 4 nitrogen and oxygen atoms in total. The molecule has 2 amide bonds. The molecular formula is C16H19NO3. The first-order valence-electron chi connectivity index (χ1n) is 7.26. The quantitative estimate of drug-likeness (QED) is 0.796. The predicted molar refractivity (Wildman–Crippen MR) is 73.2 cm³/mol. The lowest BCUT2D eigenvalue weighted by molar-refractivity contribution is -0.194. The lowest BCUT2D eigenvalue weighted by atomic mass is 9.73. The van der Waals surface area contributed by atoms with Crippen molar-refractivity contribution in [2.45, 2.75) is 45.1 Å². The maximum Gasteiger partial charge on any atom is 0.260 e. The molecule has 1 aromatic carbocycles. The Kier molecular flexibility index (Phi) is 3.57. The number of rotatable bonds is 3. The van der Waals surface area contributed by atoms with E-state index in [-0.39, 0.29) is 18.4 Å². The van der Waals surface area contributed by atoms with E-state index in [1.165, 1.54) is 0 Å². The van der Waals surface area contributed by atoms with Gasteiger partial charge in [0.15, 0.2) is 0 Å². The van der Waals surface area contributed by atoms with E-state index in [9.17, 15) is 9.59 Å². The van der Waals surface area contributed by atoms with Gasteiger partial charge in [0.05, 0.1) is 5.41 Å². The second-order valence-corrected chi connectivity index (χ2v) is 5.77. The fourth-order valence-electron chi connectivity index (χ4n) is 3.23. The number of nitrogens with zero attached hydrogens (tertiary/aromatic N) is 1. The summed E-state index contributed by atoms with van der Waals surface area (Å²) in [6.45, 7) is 0.258. The van der Waals surface area contributed by atoms with E-state index in [4.69, 9.17) is 4.84 Å². The molecular weight excluding hydrogens is 254 g/mol. The first kappa shape index (κ1) is 13.3. The number of hydrogen-bond acceptors (Lipinski definition) is 3. The SMILES string of the molecule is O=C1CC2(CCCCC2)C(=O)N1OCc1ccccc1. The van der Waals surface area contributed by atoms with Crippen LogP contribution in [0.1, 0.15) is 44.1 Å². The van der Waals surface area contributed by atoms with Crippen molar-refractivity contribution in [2.75, 3.05) is 0 Å². The standard InChI is InChI=1S/C16H19NO3/c18-14-11-16(9-5-2-6-10-16)15(19)17(14)20-12-13-7-3-1-4-8-13/h1,3-4,7-8H,2,5-6,9-12H2. The van der Waals surface area contributed by atoms with Crippen molar-refractivity contribution in [3.63, 3.8) is 0 Å². The van der Waals surface area contributed by atoms with Gasteiger partial charge >= 0.3 is 0 Å². The normalized spacial score (nSPS) is 21.7. The topological polar surface area (TPSA) is 46.6 Å². The molecule has 0 N–H and O–H groups in total. The molecule has 2 fully saturated rings. The molecule has 2 aliphatic rings. The van der Waals surface area contributed by atoms with Crippen molar-refractivity contribution < 1.29 is 14.4 Å². The van der Waals surface area contributed by atoms with E-state index in [2.05, 4.69) is 0 Å². The van der Waals surface area contributed by atoms with Crippen molar-refractivity contribution >= 4 is 11.8 Å².